The van der Waals surface area contributed by atoms with Crippen molar-refractivity contribution in [3.63, 3.8) is 0 Å². The minimum atomic E-state index is -0.460. The molecule has 0 spiro atoms. The topological polar surface area (TPSA) is 101 Å². The van der Waals surface area contributed by atoms with Crippen LogP contribution in [0.25, 0.3) is 28.3 Å². The van der Waals surface area contributed by atoms with E-state index < -0.39 is 11.7 Å². The molecule has 1 aromatic carbocycles. The van der Waals surface area contributed by atoms with E-state index in [9.17, 15) is 9.18 Å². The number of aryl methyl sites for hydroxylation is 2. The summed E-state index contributed by atoms with van der Waals surface area (Å²) in [6.07, 6.45) is 7.09. The second-order valence-electron chi connectivity index (χ2n) is 7.06. The maximum absolute atomic E-state index is 14.6. The van der Waals surface area contributed by atoms with E-state index in [1.807, 2.05) is 24.5 Å². The van der Waals surface area contributed by atoms with Gasteiger partial charge < -0.3 is 14.7 Å². The molecule has 8 nitrogen and oxygen atoms in total. The van der Waals surface area contributed by atoms with Crippen LogP contribution in [0.4, 0.5) is 10.1 Å². The normalized spacial score (nSPS) is 11.2. The lowest BCUT2D eigenvalue weighted by atomic mass is 10.1. The SMILES string of the molecule is Cc1nc(C)c(C(=O)Nc2ccc(F)c(-c3cn4cc(-c5ccc[nH]5)cnc4n3)c2)o1. The fourth-order valence-corrected chi connectivity index (χ4v) is 3.39. The number of fused-ring (bicyclic) bond motifs is 1. The number of benzene rings is 1. The fraction of sp³-hybridized carbons (Fsp3) is 0.0909. The average molecular weight is 416 g/mol. The summed E-state index contributed by atoms with van der Waals surface area (Å²) in [5.74, 6) is 0.0445. The molecule has 9 heteroatoms. The zero-order valence-electron chi connectivity index (χ0n) is 16.7. The molecule has 0 fully saturated rings. The van der Waals surface area contributed by atoms with Crippen LogP contribution < -0.4 is 5.32 Å². The first kappa shape index (κ1) is 18.7. The first-order chi connectivity index (χ1) is 15.0. The van der Waals surface area contributed by atoms with Crippen LogP contribution in [0.15, 0.2) is 59.5 Å². The lowest BCUT2D eigenvalue weighted by Gasteiger charge is -2.06. The third-order valence-electron chi connectivity index (χ3n) is 4.83. The lowest BCUT2D eigenvalue weighted by molar-refractivity contribution is 0.0994. The molecular weight excluding hydrogens is 399 g/mol. The van der Waals surface area contributed by atoms with E-state index >= 15 is 0 Å². The van der Waals surface area contributed by atoms with Crippen molar-refractivity contribution in [2.75, 3.05) is 5.32 Å². The lowest BCUT2D eigenvalue weighted by Crippen LogP contribution is -2.12. The molecule has 0 atom stereocenters. The summed E-state index contributed by atoms with van der Waals surface area (Å²) in [6.45, 7) is 3.35. The number of anilines is 1. The van der Waals surface area contributed by atoms with E-state index in [4.69, 9.17) is 4.42 Å². The Morgan fingerprint density at radius 3 is 2.81 bits per heavy atom. The van der Waals surface area contributed by atoms with Crippen molar-refractivity contribution in [1.29, 1.82) is 0 Å². The number of amides is 1. The van der Waals surface area contributed by atoms with Gasteiger partial charge in [0.2, 0.25) is 11.5 Å². The van der Waals surface area contributed by atoms with Gasteiger partial charge in [-0.2, -0.15) is 0 Å². The molecule has 5 aromatic rings. The maximum Gasteiger partial charge on any atom is 0.293 e. The van der Waals surface area contributed by atoms with Crippen molar-refractivity contribution in [3.05, 3.63) is 78.3 Å². The van der Waals surface area contributed by atoms with Gasteiger partial charge in [0, 0.05) is 54.2 Å². The first-order valence-corrected chi connectivity index (χ1v) is 9.52. The average Bonchev–Trinajstić information content (AvgIpc) is 3.48. The van der Waals surface area contributed by atoms with E-state index in [0.29, 0.717) is 28.7 Å². The number of aromatic amines is 1. The Hall–Kier alpha value is -4.27. The van der Waals surface area contributed by atoms with Crippen molar-refractivity contribution in [2.45, 2.75) is 13.8 Å². The molecular formula is C22H17FN6O2. The molecule has 31 heavy (non-hydrogen) atoms. The summed E-state index contributed by atoms with van der Waals surface area (Å²) in [7, 11) is 0. The number of carbonyl (C=O) groups excluding carboxylic acids is 1. The molecule has 4 aromatic heterocycles. The maximum atomic E-state index is 14.6. The Labute approximate surface area is 175 Å². The number of H-pyrrole nitrogens is 1. The van der Waals surface area contributed by atoms with Gasteiger partial charge in [-0.05, 0) is 37.3 Å². The Balaban J connectivity index is 1.48. The van der Waals surface area contributed by atoms with Crippen molar-refractivity contribution in [2.24, 2.45) is 0 Å². The number of carbonyl (C=O) groups is 1. The molecule has 2 N–H and O–H groups in total. The van der Waals surface area contributed by atoms with E-state index in [-0.39, 0.29) is 11.3 Å². The van der Waals surface area contributed by atoms with E-state index in [0.717, 1.165) is 11.3 Å². The molecule has 1 amide bonds. The second kappa shape index (κ2) is 7.21. The van der Waals surface area contributed by atoms with Crippen molar-refractivity contribution in [3.8, 4) is 22.5 Å². The highest BCUT2D eigenvalue weighted by atomic mass is 19.1. The molecule has 154 valence electrons. The first-order valence-electron chi connectivity index (χ1n) is 9.52. The summed E-state index contributed by atoms with van der Waals surface area (Å²) < 4.78 is 21.7. The largest absolute Gasteiger partial charge is 0.436 e. The van der Waals surface area contributed by atoms with Crippen LogP contribution >= 0.6 is 0 Å². The number of rotatable bonds is 4. The highest BCUT2D eigenvalue weighted by Crippen LogP contribution is 2.27. The fourth-order valence-electron chi connectivity index (χ4n) is 3.39. The second-order valence-corrected chi connectivity index (χ2v) is 7.06. The quantitative estimate of drug-likeness (QED) is 0.453. The van der Waals surface area contributed by atoms with Gasteiger partial charge in [0.05, 0.1) is 11.4 Å². The Morgan fingerprint density at radius 2 is 2.06 bits per heavy atom. The molecule has 0 saturated carbocycles. The highest BCUT2D eigenvalue weighted by molar-refractivity contribution is 6.03. The van der Waals surface area contributed by atoms with Crippen LogP contribution in [0.2, 0.25) is 0 Å². The van der Waals surface area contributed by atoms with Crippen LogP contribution in [-0.4, -0.2) is 30.2 Å². The van der Waals surface area contributed by atoms with Gasteiger partial charge in [-0.1, -0.05) is 0 Å². The predicted molar refractivity (Wildman–Crippen MR) is 112 cm³/mol. The van der Waals surface area contributed by atoms with Gasteiger partial charge in [-0.25, -0.2) is 19.3 Å². The zero-order valence-corrected chi connectivity index (χ0v) is 16.7. The minimum absolute atomic E-state index is 0.122. The highest BCUT2D eigenvalue weighted by Gasteiger charge is 2.18. The van der Waals surface area contributed by atoms with Crippen LogP contribution in [0.3, 0.4) is 0 Å². The number of hydrogen-bond donors (Lipinski definition) is 2. The number of oxazole rings is 1. The minimum Gasteiger partial charge on any atom is -0.436 e. The standard InChI is InChI=1S/C22H17FN6O2/c1-12-20(31-13(2)26-12)21(30)27-15-5-6-17(23)16(8-15)19-11-29-10-14(9-25-22(29)28-19)18-4-3-7-24-18/h3-11,24H,1-2H3,(H,27,30). The molecule has 0 aliphatic rings. The van der Waals surface area contributed by atoms with Crippen molar-refractivity contribution in [1.82, 2.24) is 24.3 Å². The molecule has 0 saturated heterocycles. The van der Waals surface area contributed by atoms with Crippen LogP contribution in [0.1, 0.15) is 22.1 Å². The van der Waals surface area contributed by atoms with Crippen molar-refractivity contribution >= 4 is 17.4 Å². The predicted octanol–water partition coefficient (Wildman–Crippen LogP) is 4.39. The number of aromatic nitrogens is 5. The molecule has 5 rings (SSSR count). The Kier molecular flexibility index (Phi) is 4.36. The summed E-state index contributed by atoms with van der Waals surface area (Å²) in [5, 5.41) is 2.72. The van der Waals surface area contributed by atoms with Gasteiger partial charge in [0.25, 0.3) is 5.91 Å². The van der Waals surface area contributed by atoms with Gasteiger partial charge in [-0.15, -0.1) is 0 Å². The number of halogens is 1. The van der Waals surface area contributed by atoms with Crippen molar-refractivity contribution < 1.29 is 13.6 Å². The molecule has 0 aliphatic heterocycles. The van der Waals surface area contributed by atoms with Crippen LogP contribution in [-0.2, 0) is 0 Å². The van der Waals surface area contributed by atoms with E-state index in [1.165, 1.54) is 18.2 Å². The third kappa shape index (κ3) is 3.46. The molecule has 0 bridgehead atoms. The smallest absolute Gasteiger partial charge is 0.293 e. The number of nitrogens with one attached hydrogen (secondary N) is 2. The van der Waals surface area contributed by atoms with Gasteiger partial charge in [-0.3, -0.25) is 9.20 Å². The van der Waals surface area contributed by atoms with Crippen LogP contribution in [0.5, 0.6) is 0 Å². The third-order valence-corrected chi connectivity index (χ3v) is 4.83. The summed E-state index contributed by atoms with van der Waals surface area (Å²) in [4.78, 5) is 28.5. The monoisotopic (exact) mass is 416 g/mol. The number of nitrogens with zero attached hydrogens (tertiary/aromatic N) is 4. The molecule has 0 aliphatic carbocycles. The van der Waals surface area contributed by atoms with Gasteiger partial charge in [0.1, 0.15) is 5.82 Å². The zero-order chi connectivity index (χ0) is 21.5. The van der Waals surface area contributed by atoms with Gasteiger partial charge >= 0.3 is 0 Å². The number of imidazole rings is 1. The van der Waals surface area contributed by atoms with Crippen LogP contribution in [0, 0.1) is 19.7 Å². The summed E-state index contributed by atoms with van der Waals surface area (Å²) >= 11 is 0. The Morgan fingerprint density at radius 1 is 1.19 bits per heavy atom. The van der Waals surface area contributed by atoms with E-state index in [2.05, 4.69) is 25.3 Å². The Bertz CT molecular complexity index is 1420. The summed E-state index contributed by atoms with van der Waals surface area (Å²) in [6, 6.07) is 8.12. The number of hydrogen-bond acceptors (Lipinski definition) is 5. The molecule has 4 heterocycles. The van der Waals surface area contributed by atoms with Gasteiger partial charge in [0.15, 0.2) is 5.89 Å². The summed E-state index contributed by atoms with van der Waals surface area (Å²) in [5.41, 5.74) is 3.33. The molecule has 0 unspecified atom stereocenters. The molecule has 0 radical (unpaired) electrons. The van der Waals surface area contributed by atoms with E-state index in [1.54, 1.807) is 30.6 Å².